The lowest BCUT2D eigenvalue weighted by Gasteiger charge is -2.45. The molecule has 0 saturated carbocycles. The molecule has 0 bridgehead atoms. The minimum atomic E-state index is -4.83. The van der Waals surface area contributed by atoms with Gasteiger partial charge in [-0.15, -0.1) is 24.8 Å². The number of nitrogens with one attached hydrogen (secondary N) is 2. The molecule has 2 aliphatic rings. The van der Waals surface area contributed by atoms with Gasteiger partial charge in [0, 0.05) is 18.3 Å². The summed E-state index contributed by atoms with van der Waals surface area (Å²) in [7, 11) is 0. The zero-order chi connectivity index (χ0) is 15.3. The van der Waals surface area contributed by atoms with Crippen LogP contribution >= 0.6 is 24.8 Å². The molecule has 3 heterocycles. The van der Waals surface area contributed by atoms with E-state index in [1.807, 2.05) is 6.92 Å². The van der Waals surface area contributed by atoms with Gasteiger partial charge in [0.05, 0.1) is 11.2 Å². The van der Waals surface area contributed by atoms with E-state index in [2.05, 4.69) is 10.6 Å². The maximum atomic E-state index is 12.7. The Morgan fingerprint density at radius 3 is 2.43 bits per heavy atom. The Balaban J connectivity index is 0.00000132. The van der Waals surface area contributed by atoms with Gasteiger partial charge >= 0.3 is 6.18 Å². The summed E-state index contributed by atoms with van der Waals surface area (Å²) in [6, 6.07) is 3.01. The van der Waals surface area contributed by atoms with Crippen molar-refractivity contribution < 1.29 is 18.0 Å². The van der Waals surface area contributed by atoms with Gasteiger partial charge in [0.25, 0.3) is 5.78 Å². The number of alkyl halides is 3. The largest absolute Gasteiger partial charge is 0.456 e. The van der Waals surface area contributed by atoms with E-state index in [0.717, 1.165) is 31.6 Å². The van der Waals surface area contributed by atoms with Crippen LogP contribution in [0.1, 0.15) is 35.9 Å². The summed E-state index contributed by atoms with van der Waals surface area (Å²) in [5.74, 6) is -1.76. The van der Waals surface area contributed by atoms with E-state index in [1.165, 1.54) is 6.07 Å². The molecule has 1 unspecified atom stereocenters. The normalized spacial score (nSPS) is 22.7. The van der Waals surface area contributed by atoms with Gasteiger partial charge in [0.15, 0.2) is 0 Å². The van der Waals surface area contributed by atoms with Crippen LogP contribution in [0.4, 0.5) is 13.2 Å². The summed E-state index contributed by atoms with van der Waals surface area (Å²) in [6.07, 6.45) is -3.22. The molecule has 2 N–H and O–H groups in total. The van der Waals surface area contributed by atoms with Crippen LogP contribution < -0.4 is 10.6 Å². The highest BCUT2D eigenvalue weighted by molar-refractivity contribution is 5.99. The number of halogens is 5. The SMILES string of the molecule is CC1Cn2c(C(=O)C(F)(F)F)ccc2C2(CCNCC2)N1.Cl.Cl. The van der Waals surface area contributed by atoms with Crippen LogP contribution in [0.3, 0.4) is 0 Å². The van der Waals surface area contributed by atoms with Crippen LogP contribution in [-0.4, -0.2) is 35.7 Å². The van der Waals surface area contributed by atoms with E-state index in [4.69, 9.17) is 0 Å². The molecule has 1 spiro atoms. The van der Waals surface area contributed by atoms with Gasteiger partial charge < -0.3 is 15.2 Å². The summed E-state index contributed by atoms with van der Waals surface area (Å²) < 4.78 is 39.7. The third kappa shape index (κ3) is 3.52. The topological polar surface area (TPSA) is 46.1 Å². The highest BCUT2D eigenvalue weighted by atomic mass is 35.5. The Labute approximate surface area is 145 Å². The number of Topliss-reactive ketones (excluding diaryl/α,β-unsaturated/α-hetero) is 1. The number of ketones is 1. The Morgan fingerprint density at radius 2 is 1.87 bits per heavy atom. The highest BCUT2D eigenvalue weighted by Gasteiger charge is 2.45. The molecule has 0 aromatic carbocycles. The highest BCUT2D eigenvalue weighted by Crippen LogP contribution is 2.37. The predicted molar refractivity (Wildman–Crippen MR) is 85.7 cm³/mol. The fraction of sp³-hybridized carbons (Fsp3) is 0.643. The number of aromatic nitrogens is 1. The minimum absolute atomic E-state index is 0. The fourth-order valence-electron chi connectivity index (χ4n) is 3.54. The Morgan fingerprint density at radius 1 is 1.26 bits per heavy atom. The van der Waals surface area contributed by atoms with E-state index < -0.39 is 12.0 Å². The van der Waals surface area contributed by atoms with Crippen molar-refractivity contribution in [1.29, 1.82) is 0 Å². The molecule has 2 aliphatic heterocycles. The second-order valence-corrected chi connectivity index (χ2v) is 5.92. The first kappa shape index (κ1) is 20.3. The third-order valence-corrected chi connectivity index (χ3v) is 4.40. The summed E-state index contributed by atoms with van der Waals surface area (Å²) in [5, 5.41) is 6.79. The zero-order valence-corrected chi connectivity index (χ0v) is 14.2. The molecule has 3 rings (SSSR count). The number of hydrogen-bond donors (Lipinski definition) is 2. The van der Waals surface area contributed by atoms with Crippen LogP contribution in [0.2, 0.25) is 0 Å². The third-order valence-electron chi connectivity index (χ3n) is 4.40. The van der Waals surface area contributed by atoms with E-state index in [-0.39, 0.29) is 42.1 Å². The van der Waals surface area contributed by atoms with Crippen LogP contribution in [-0.2, 0) is 12.1 Å². The van der Waals surface area contributed by atoms with Gasteiger partial charge in [-0.3, -0.25) is 4.79 Å². The average molecular weight is 374 g/mol. The van der Waals surface area contributed by atoms with Crippen LogP contribution in [0.5, 0.6) is 0 Å². The zero-order valence-electron chi connectivity index (χ0n) is 12.6. The molecule has 9 heteroatoms. The monoisotopic (exact) mass is 373 g/mol. The molecule has 1 aromatic rings. The quantitative estimate of drug-likeness (QED) is 0.743. The molecule has 0 amide bonds. The van der Waals surface area contributed by atoms with Gasteiger partial charge in [0.2, 0.25) is 0 Å². The van der Waals surface area contributed by atoms with Crippen molar-refractivity contribution in [2.75, 3.05) is 13.1 Å². The average Bonchev–Trinajstić information content (AvgIpc) is 2.82. The number of hydrogen-bond acceptors (Lipinski definition) is 3. The molecule has 0 aliphatic carbocycles. The van der Waals surface area contributed by atoms with Crippen molar-refractivity contribution in [2.45, 2.75) is 44.1 Å². The van der Waals surface area contributed by atoms with E-state index >= 15 is 0 Å². The summed E-state index contributed by atoms with van der Waals surface area (Å²) in [6.45, 7) is 3.95. The molecule has 23 heavy (non-hydrogen) atoms. The number of carbonyl (C=O) groups excluding carboxylic acids is 1. The van der Waals surface area contributed by atoms with E-state index in [0.29, 0.717) is 6.54 Å². The minimum Gasteiger partial charge on any atom is -0.339 e. The smallest absolute Gasteiger partial charge is 0.339 e. The summed E-state index contributed by atoms with van der Waals surface area (Å²) >= 11 is 0. The van der Waals surface area contributed by atoms with Crippen molar-refractivity contribution in [1.82, 2.24) is 15.2 Å². The van der Waals surface area contributed by atoms with Crippen molar-refractivity contribution in [3.63, 3.8) is 0 Å². The molecule has 1 aromatic heterocycles. The van der Waals surface area contributed by atoms with Crippen molar-refractivity contribution in [3.8, 4) is 0 Å². The van der Waals surface area contributed by atoms with Gasteiger partial charge in [-0.1, -0.05) is 0 Å². The number of rotatable bonds is 1. The lowest BCUT2D eigenvalue weighted by atomic mass is 9.82. The maximum Gasteiger partial charge on any atom is 0.456 e. The van der Waals surface area contributed by atoms with Gasteiger partial charge in [0.1, 0.15) is 0 Å². The van der Waals surface area contributed by atoms with E-state index in [1.54, 1.807) is 10.6 Å². The first-order valence-corrected chi connectivity index (χ1v) is 7.13. The van der Waals surface area contributed by atoms with E-state index in [9.17, 15) is 18.0 Å². The maximum absolute atomic E-state index is 12.7. The first-order chi connectivity index (χ1) is 9.83. The second kappa shape index (κ2) is 7.01. The fourth-order valence-corrected chi connectivity index (χ4v) is 3.54. The van der Waals surface area contributed by atoms with Crippen LogP contribution in [0.25, 0.3) is 0 Å². The number of fused-ring (bicyclic) bond motifs is 2. The molecular weight excluding hydrogens is 354 g/mol. The molecule has 1 saturated heterocycles. The Hall–Kier alpha value is -0.760. The molecular formula is C14H20Cl2F3N3O. The molecule has 1 fully saturated rings. The van der Waals surface area contributed by atoms with Gasteiger partial charge in [-0.2, -0.15) is 13.2 Å². The lowest BCUT2D eigenvalue weighted by molar-refractivity contribution is -0.0891. The molecule has 1 atom stereocenters. The molecule has 132 valence electrons. The lowest BCUT2D eigenvalue weighted by Crippen LogP contribution is -2.58. The second-order valence-electron chi connectivity index (χ2n) is 5.92. The number of piperidine rings is 1. The standard InChI is InChI=1S/C14H18F3N3O.2ClH/c1-9-8-20-10(12(21)14(15,16)17)2-3-11(20)13(19-9)4-6-18-7-5-13;;/h2-3,9,18-19H,4-8H2,1H3;2*1H. The number of carbonyl (C=O) groups is 1. The van der Waals surface area contributed by atoms with Gasteiger partial charge in [-0.05, 0) is 45.0 Å². The van der Waals surface area contributed by atoms with Crippen molar-refractivity contribution in [3.05, 3.63) is 23.5 Å². The molecule has 4 nitrogen and oxygen atoms in total. The van der Waals surface area contributed by atoms with Gasteiger partial charge in [-0.25, -0.2) is 0 Å². The Kier molecular flexibility index (Phi) is 6.18. The number of nitrogens with zero attached hydrogens (tertiary/aromatic N) is 1. The predicted octanol–water partition coefficient (Wildman–Crippen LogP) is 2.65. The molecule has 0 radical (unpaired) electrons. The summed E-state index contributed by atoms with van der Waals surface area (Å²) in [5.41, 5.74) is 0.228. The van der Waals surface area contributed by atoms with Crippen molar-refractivity contribution in [2.24, 2.45) is 0 Å². The summed E-state index contributed by atoms with van der Waals surface area (Å²) in [4.78, 5) is 11.6. The van der Waals surface area contributed by atoms with Crippen molar-refractivity contribution >= 4 is 30.6 Å². The Bertz CT molecular complexity index is 568. The van der Waals surface area contributed by atoms with Crippen LogP contribution in [0, 0.1) is 0 Å². The first-order valence-electron chi connectivity index (χ1n) is 7.13. The van der Waals surface area contributed by atoms with Crippen LogP contribution in [0.15, 0.2) is 12.1 Å².